The Balaban J connectivity index is 2.36. The molecule has 0 aromatic carbocycles. The Bertz CT molecular complexity index is 105. The van der Waals surface area contributed by atoms with E-state index in [1.54, 1.807) is 0 Å². The van der Waals surface area contributed by atoms with Crippen molar-refractivity contribution in [3.8, 4) is 0 Å². The molecule has 0 spiro atoms. The zero-order chi connectivity index (χ0) is 5.98. The molecule has 0 aromatic heterocycles. The van der Waals surface area contributed by atoms with E-state index in [0.29, 0.717) is 0 Å². The fraction of sp³-hybridized carbons (Fsp3) is 0.667. The van der Waals surface area contributed by atoms with Gasteiger partial charge in [0.1, 0.15) is 12.5 Å². The number of ether oxygens (including phenoxy) is 1. The Kier molecular flexibility index (Phi) is 1.50. The van der Waals surface area contributed by atoms with E-state index in [4.69, 9.17) is 10.0 Å². The molecule has 0 saturated carbocycles. The molecule has 1 rings (SSSR count). The first-order chi connectivity index (χ1) is 3.80. The minimum Gasteiger partial charge on any atom is -0.482 e. The SMILES string of the molecule is OB(O)C1COC=N1. The van der Waals surface area contributed by atoms with Crippen molar-refractivity contribution in [2.75, 3.05) is 6.61 Å². The van der Waals surface area contributed by atoms with Gasteiger partial charge in [0.05, 0.1) is 0 Å². The van der Waals surface area contributed by atoms with Crippen LogP contribution in [0.15, 0.2) is 4.99 Å². The average Bonchev–Trinajstić information content (AvgIpc) is 2.12. The third-order valence-electron chi connectivity index (χ3n) is 0.938. The highest BCUT2D eigenvalue weighted by atomic mass is 16.5. The Hall–Kier alpha value is -0.545. The van der Waals surface area contributed by atoms with E-state index in [1.807, 2.05) is 0 Å². The molecule has 0 aliphatic carbocycles. The summed E-state index contributed by atoms with van der Waals surface area (Å²) in [6, 6.07) is 0. The lowest BCUT2D eigenvalue weighted by atomic mass is 9.81. The quantitative estimate of drug-likeness (QED) is 0.405. The number of rotatable bonds is 1. The Morgan fingerprint density at radius 2 is 2.50 bits per heavy atom. The van der Waals surface area contributed by atoms with Crippen molar-refractivity contribution in [3.05, 3.63) is 0 Å². The van der Waals surface area contributed by atoms with Crippen molar-refractivity contribution in [2.24, 2.45) is 4.99 Å². The summed E-state index contributed by atoms with van der Waals surface area (Å²) in [4.78, 5) is 3.59. The molecule has 0 aromatic rings. The van der Waals surface area contributed by atoms with Crippen LogP contribution in [-0.2, 0) is 4.74 Å². The Morgan fingerprint density at radius 1 is 1.75 bits per heavy atom. The minimum atomic E-state index is -1.38. The van der Waals surface area contributed by atoms with E-state index >= 15 is 0 Å². The van der Waals surface area contributed by atoms with Crippen molar-refractivity contribution >= 4 is 13.5 Å². The molecule has 8 heavy (non-hydrogen) atoms. The van der Waals surface area contributed by atoms with Gasteiger partial charge < -0.3 is 14.8 Å². The number of aliphatic imine (C=N–C) groups is 1. The van der Waals surface area contributed by atoms with Gasteiger partial charge >= 0.3 is 7.12 Å². The molecule has 1 aliphatic rings. The molecular formula is C3H6BNO3. The molecule has 2 N–H and O–H groups in total. The van der Waals surface area contributed by atoms with E-state index in [2.05, 4.69) is 9.73 Å². The van der Waals surface area contributed by atoms with Crippen LogP contribution in [0, 0.1) is 0 Å². The molecule has 1 heterocycles. The van der Waals surface area contributed by atoms with Crippen molar-refractivity contribution in [3.63, 3.8) is 0 Å². The Morgan fingerprint density at radius 3 is 2.75 bits per heavy atom. The van der Waals surface area contributed by atoms with Crippen LogP contribution in [0.5, 0.6) is 0 Å². The highest BCUT2D eigenvalue weighted by molar-refractivity contribution is 6.43. The molecule has 0 saturated heterocycles. The second-order valence-corrected chi connectivity index (χ2v) is 1.57. The van der Waals surface area contributed by atoms with Gasteiger partial charge in [-0.2, -0.15) is 0 Å². The van der Waals surface area contributed by atoms with E-state index < -0.39 is 13.1 Å². The van der Waals surface area contributed by atoms with Crippen LogP contribution in [-0.4, -0.2) is 36.1 Å². The predicted octanol–water partition coefficient (Wildman–Crippen LogP) is -1.57. The van der Waals surface area contributed by atoms with Gasteiger partial charge in [0.2, 0.25) is 0 Å². The summed E-state index contributed by atoms with van der Waals surface area (Å²) in [6.07, 6.45) is 1.23. The molecule has 0 fully saturated rings. The van der Waals surface area contributed by atoms with Crippen LogP contribution in [0.1, 0.15) is 0 Å². The third-order valence-corrected chi connectivity index (χ3v) is 0.938. The summed E-state index contributed by atoms with van der Waals surface area (Å²) in [6.45, 7) is 0.275. The lowest BCUT2D eigenvalue weighted by Gasteiger charge is -1.99. The van der Waals surface area contributed by atoms with Crippen molar-refractivity contribution in [1.82, 2.24) is 0 Å². The van der Waals surface area contributed by atoms with Crippen LogP contribution in [0.3, 0.4) is 0 Å². The molecule has 44 valence electrons. The normalized spacial score (nSPS) is 25.5. The lowest BCUT2D eigenvalue weighted by molar-refractivity contribution is 0.317. The maximum absolute atomic E-state index is 8.41. The molecular weight excluding hydrogens is 109 g/mol. The van der Waals surface area contributed by atoms with Crippen molar-refractivity contribution in [1.29, 1.82) is 0 Å². The Labute approximate surface area is 47.0 Å². The molecule has 1 aliphatic heterocycles. The second-order valence-electron chi connectivity index (χ2n) is 1.57. The van der Waals surface area contributed by atoms with Crippen LogP contribution in [0.2, 0.25) is 0 Å². The summed E-state index contributed by atoms with van der Waals surface area (Å²) in [7, 11) is -1.38. The fourth-order valence-electron chi connectivity index (χ4n) is 0.469. The summed E-state index contributed by atoms with van der Waals surface area (Å²) >= 11 is 0. The van der Waals surface area contributed by atoms with E-state index in [-0.39, 0.29) is 6.61 Å². The predicted molar refractivity (Wildman–Crippen MR) is 28.4 cm³/mol. The molecule has 5 heteroatoms. The van der Waals surface area contributed by atoms with E-state index in [1.165, 1.54) is 6.40 Å². The van der Waals surface area contributed by atoms with Gasteiger partial charge in [-0.1, -0.05) is 0 Å². The molecule has 0 radical (unpaired) electrons. The first-order valence-corrected chi connectivity index (χ1v) is 2.30. The van der Waals surface area contributed by atoms with Gasteiger partial charge in [-0.15, -0.1) is 0 Å². The maximum atomic E-state index is 8.41. The topological polar surface area (TPSA) is 62.0 Å². The highest BCUT2D eigenvalue weighted by Crippen LogP contribution is 1.98. The number of hydrogen-bond donors (Lipinski definition) is 2. The molecule has 1 unspecified atom stereocenters. The van der Waals surface area contributed by atoms with Gasteiger partial charge in [0, 0.05) is 0 Å². The standard InChI is InChI=1S/C3H6BNO3/c6-4(7)3-1-8-2-5-3/h2-3,6-7H,1H2. The monoisotopic (exact) mass is 115 g/mol. The summed E-state index contributed by atoms with van der Waals surface area (Å²) in [5, 5.41) is 16.8. The second kappa shape index (κ2) is 2.15. The third kappa shape index (κ3) is 0.990. The van der Waals surface area contributed by atoms with Gasteiger partial charge in [-0.25, -0.2) is 0 Å². The zero-order valence-electron chi connectivity index (χ0n) is 4.19. The summed E-state index contributed by atoms with van der Waals surface area (Å²) < 4.78 is 4.61. The molecule has 4 nitrogen and oxygen atoms in total. The van der Waals surface area contributed by atoms with Crippen molar-refractivity contribution < 1.29 is 14.8 Å². The van der Waals surface area contributed by atoms with Gasteiger partial charge in [0.15, 0.2) is 6.40 Å². The molecule has 1 atom stereocenters. The van der Waals surface area contributed by atoms with Gasteiger partial charge in [-0.05, 0) is 0 Å². The van der Waals surface area contributed by atoms with Crippen LogP contribution in [0.25, 0.3) is 0 Å². The molecule has 0 bridgehead atoms. The smallest absolute Gasteiger partial charge is 0.481 e. The van der Waals surface area contributed by atoms with E-state index in [0.717, 1.165) is 0 Å². The average molecular weight is 115 g/mol. The first-order valence-electron chi connectivity index (χ1n) is 2.30. The van der Waals surface area contributed by atoms with Gasteiger partial charge in [-0.3, -0.25) is 4.99 Å². The fourth-order valence-corrected chi connectivity index (χ4v) is 0.469. The number of hydrogen-bond acceptors (Lipinski definition) is 4. The maximum Gasteiger partial charge on any atom is 0.481 e. The van der Waals surface area contributed by atoms with Crippen LogP contribution < -0.4 is 0 Å². The molecule has 0 amide bonds. The lowest BCUT2D eigenvalue weighted by Crippen LogP contribution is -2.30. The first kappa shape index (κ1) is 5.59. The zero-order valence-corrected chi connectivity index (χ0v) is 4.19. The summed E-state index contributed by atoms with van der Waals surface area (Å²) in [5.41, 5.74) is 0. The summed E-state index contributed by atoms with van der Waals surface area (Å²) in [5.74, 6) is -0.477. The van der Waals surface area contributed by atoms with Gasteiger partial charge in [0.25, 0.3) is 0 Å². The number of nitrogens with zero attached hydrogens (tertiary/aromatic N) is 1. The van der Waals surface area contributed by atoms with E-state index in [9.17, 15) is 0 Å². The highest BCUT2D eigenvalue weighted by Gasteiger charge is 2.25. The minimum absolute atomic E-state index is 0.275. The largest absolute Gasteiger partial charge is 0.482 e. The van der Waals surface area contributed by atoms with Crippen LogP contribution in [0.4, 0.5) is 0 Å². The van der Waals surface area contributed by atoms with Crippen LogP contribution >= 0.6 is 0 Å². The van der Waals surface area contributed by atoms with Crippen molar-refractivity contribution in [2.45, 2.75) is 5.94 Å².